The zero-order valence-corrected chi connectivity index (χ0v) is 25.7. The van der Waals surface area contributed by atoms with Gasteiger partial charge < -0.3 is 0 Å². The summed E-state index contributed by atoms with van der Waals surface area (Å²) >= 11 is 0. The molecule has 0 aromatic heterocycles. The van der Waals surface area contributed by atoms with Gasteiger partial charge in [-0.2, -0.15) is 0 Å². The van der Waals surface area contributed by atoms with Crippen LogP contribution in [0.15, 0.2) is 24.3 Å². The molecule has 0 amide bonds. The number of hydrogen-bond acceptors (Lipinski definition) is 0. The van der Waals surface area contributed by atoms with Gasteiger partial charge in [0.15, 0.2) is 0 Å². The average molecular weight is 497 g/mol. The third-order valence-electron chi connectivity index (χ3n) is 12.3. The smallest absolute Gasteiger partial charge is 0.0199 e. The van der Waals surface area contributed by atoms with E-state index in [1.54, 1.807) is 0 Å². The topological polar surface area (TPSA) is 0 Å². The highest BCUT2D eigenvalue weighted by molar-refractivity contribution is 5.11. The average Bonchev–Trinajstić information content (AvgIpc) is 3.75. The van der Waals surface area contributed by atoms with Crippen molar-refractivity contribution < 1.29 is 0 Å². The third-order valence-corrected chi connectivity index (χ3v) is 12.3. The fourth-order valence-electron chi connectivity index (χ4n) is 8.71. The Balaban J connectivity index is 0.000000135. The zero-order valence-electron chi connectivity index (χ0n) is 25.7. The molecule has 6 rings (SSSR count). The quantitative estimate of drug-likeness (QED) is 0.339. The van der Waals surface area contributed by atoms with E-state index in [-0.39, 0.29) is 0 Å². The first-order valence-electron chi connectivity index (χ1n) is 16.7. The van der Waals surface area contributed by atoms with Crippen molar-refractivity contribution in [3.63, 3.8) is 0 Å². The molecular weight excluding hydrogens is 432 g/mol. The minimum atomic E-state index is 0.935. The molecule has 12 atom stereocenters. The molecule has 0 N–H and O–H groups in total. The van der Waals surface area contributed by atoms with E-state index in [1.165, 1.54) is 77.0 Å². The predicted molar refractivity (Wildman–Crippen MR) is 161 cm³/mol. The first-order chi connectivity index (χ1) is 17.3. The Bertz CT molecular complexity index is 616. The molecule has 4 bridgehead atoms. The molecule has 6 aliphatic rings. The van der Waals surface area contributed by atoms with Crippen molar-refractivity contribution in [1.29, 1.82) is 0 Å². The minimum Gasteiger partial charge on any atom is -0.0851 e. The van der Waals surface area contributed by atoms with E-state index in [0.717, 1.165) is 71.0 Å². The van der Waals surface area contributed by atoms with E-state index in [9.17, 15) is 0 Å². The largest absolute Gasteiger partial charge is 0.0851 e. The van der Waals surface area contributed by atoms with Gasteiger partial charge in [0.05, 0.1) is 0 Å². The Hall–Kier alpha value is -0.520. The summed E-state index contributed by atoms with van der Waals surface area (Å²) in [5.41, 5.74) is 0. The summed E-state index contributed by atoms with van der Waals surface area (Å²) in [7, 11) is 0. The first-order valence-corrected chi connectivity index (χ1v) is 16.7. The van der Waals surface area contributed by atoms with Gasteiger partial charge in [-0.1, -0.05) is 118 Å². The summed E-state index contributed by atoms with van der Waals surface area (Å²) < 4.78 is 0. The standard InChI is InChI=1S/C11H22.C9H14.C9H18.C7H10/c1-5-10-7-11(6-2)9(4)8(10)3;1-6-7(2)9-4-3-8(6)5-9;1-3-8-5-6-9(4-2)7-8;1-2-7-4-3-6(1)5-7/h8-11H,5-7H2,1-4H3;3-4,6-9H,5H2,1-2H3;8-9H,3-7H2,1-2H3;1-2,6-7H,3-5H2. The van der Waals surface area contributed by atoms with Crippen molar-refractivity contribution in [3.05, 3.63) is 24.3 Å². The predicted octanol–water partition coefficient (Wildman–Crippen LogP) is 11.4. The molecule has 12 unspecified atom stereocenters. The molecule has 0 aromatic rings. The summed E-state index contributed by atoms with van der Waals surface area (Å²) in [5.74, 6) is 11.9. The summed E-state index contributed by atoms with van der Waals surface area (Å²) in [5, 5.41) is 0. The van der Waals surface area contributed by atoms with Gasteiger partial charge >= 0.3 is 0 Å². The summed E-state index contributed by atoms with van der Waals surface area (Å²) in [6, 6.07) is 0. The molecule has 0 spiro atoms. The second-order valence-corrected chi connectivity index (χ2v) is 14.0. The molecule has 6 aliphatic carbocycles. The Kier molecular flexibility index (Phi) is 12.2. The monoisotopic (exact) mass is 497 g/mol. The summed E-state index contributed by atoms with van der Waals surface area (Å²) in [6.07, 6.45) is 27.1. The van der Waals surface area contributed by atoms with Crippen molar-refractivity contribution >= 4 is 0 Å². The second-order valence-electron chi connectivity index (χ2n) is 14.0. The fraction of sp³-hybridized carbons (Fsp3) is 0.889. The normalized spacial score (nSPS) is 45.1. The number of fused-ring (bicyclic) bond motifs is 4. The molecule has 0 heteroatoms. The summed E-state index contributed by atoms with van der Waals surface area (Å²) in [4.78, 5) is 0. The molecule has 4 saturated carbocycles. The van der Waals surface area contributed by atoms with Crippen LogP contribution in [0.5, 0.6) is 0 Å². The van der Waals surface area contributed by atoms with Gasteiger partial charge in [0, 0.05) is 0 Å². The molecule has 0 aliphatic heterocycles. The molecule has 208 valence electrons. The van der Waals surface area contributed by atoms with Crippen LogP contribution in [-0.2, 0) is 0 Å². The lowest BCUT2D eigenvalue weighted by molar-refractivity contribution is 0.323. The Labute approximate surface area is 227 Å². The van der Waals surface area contributed by atoms with E-state index < -0.39 is 0 Å². The highest BCUT2D eigenvalue weighted by Crippen LogP contribution is 2.47. The number of allylic oxidation sites excluding steroid dienone is 4. The molecule has 0 aromatic carbocycles. The maximum atomic E-state index is 2.44. The van der Waals surface area contributed by atoms with Gasteiger partial charge in [-0.25, -0.2) is 0 Å². The fourth-order valence-corrected chi connectivity index (χ4v) is 8.71. The van der Waals surface area contributed by atoms with Crippen molar-refractivity contribution in [1.82, 2.24) is 0 Å². The lowest BCUT2D eigenvalue weighted by Gasteiger charge is -2.19. The van der Waals surface area contributed by atoms with Crippen molar-refractivity contribution in [2.45, 2.75) is 132 Å². The lowest BCUT2D eigenvalue weighted by atomic mass is 9.86. The molecule has 0 saturated heterocycles. The van der Waals surface area contributed by atoms with Crippen molar-refractivity contribution in [3.8, 4) is 0 Å². The van der Waals surface area contributed by atoms with Gasteiger partial charge in [0.1, 0.15) is 0 Å². The van der Waals surface area contributed by atoms with Crippen LogP contribution in [0.1, 0.15) is 132 Å². The van der Waals surface area contributed by atoms with Crippen LogP contribution < -0.4 is 0 Å². The number of hydrogen-bond donors (Lipinski definition) is 0. The van der Waals surface area contributed by atoms with Gasteiger partial charge in [0.25, 0.3) is 0 Å². The van der Waals surface area contributed by atoms with Crippen LogP contribution in [0.4, 0.5) is 0 Å². The molecule has 0 radical (unpaired) electrons. The summed E-state index contributed by atoms with van der Waals surface area (Å²) in [6.45, 7) is 19.0. The van der Waals surface area contributed by atoms with E-state index in [0.29, 0.717) is 0 Å². The van der Waals surface area contributed by atoms with Gasteiger partial charge in [-0.15, -0.1) is 0 Å². The SMILES string of the molecule is C1=CC2CCC1C2.CC1C2C=CC(C2)C1C.CCC1CC(CC)C(C)C1C.CCC1CCC(CC)C1. The van der Waals surface area contributed by atoms with Gasteiger partial charge in [-0.3, -0.25) is 0 Å². The van der Waals surface area contributed by atoms with Crippen LogP contribution in [0.3, 0.4) is 0 Å². The van der Waals surface area contributed by atoms with Crippen LogP contribution in [-0.4, -0.2) is 0 Å². The van der Waals surface area contributed by atoms with Crippen LogP contribution in [0.2, 0.25) is 0 Å². The van der Waals surface area contributed by atoms with Crippen LogP contribution in [0.25, 0.3) is 0 Å². The number of rotatable bonds is 4. The first kappa shape index (κ1) is 30.0. The van der Waals surface area contributed by atoms with Crippen molar-refractivity contribution in [2.24, 2.45) is 71.0 Å². The lowest BCUT2D eigenvalue weighted by Crippen LogP contribution is -2.12. The van der Waals surface area contributed by atoms with Gasteiger partial charge in [0.2, 0.25) is 0 Å². The third kappa shape index (κ3) is 7.76. The zero-order chi connectivity index (χ0) is 26.2. The second kappa shape index (κ2) is 14.6. The van der Waals surface area contributed by atoms with E-state index >= 15 is 0 Å². The van der Waals surface area contributed by atoms with Crippen molar-refractivity contribution in [2.75, 3.05) is 0 Å². The highest BCUT2D eigenvalue weighted by atomic mass is 14.4. The molecule has 4 fully saturated rings. The highest BCUT2D eigenvalue weighted by Gasteiger charge is 2.38. The Morgan fingerprint density at radius 3 is 1.08 bits per heavy atom. The van der Waals surface area contributed by atoms with Crippen LogP contribution in [0, 0.1) is 71.0 Å². The maximum absolute atomic E-state index is 2.44. The Morgan fingerprint density at radius 2 is 0.889 bits per heavy atom. The maximum Gasteiger partial charge on any atom is -0.0199 e. The molecular formula is C36H64. The molecule has 0 heterocycles. The van der Waals surface area contributed by atoms with E-state index in [2.05, 4.69) is 79.7 Å². The molecule has 0 nitrogen and oxygen atoms in total. The van der Waals surface area contributed by atoms with Gasteiger partial charge in [-0.05, 0) is 110 Å². The Morgan fingerprint density at radius 1 is 0.444 bits per heavy atom. The van der Waals surface area contributed by atoms with E-state index in [1.807, 2.05) is 0 Å². The molecule has 36 heavy (non-hydrogen) atoms. The van der Waals surface area contributed by atoms with E-state index in [4.69, 9.17) is 0 Å². The van der Waals surface area contributed by atoms with Crippen LogP contribution >= 0.6 is 0 Å². The minimum absolute atomic E-state index is 0.935.